The van der Waals surface area contributed by atoms with Crippen LogP contribution in [0.25, 0.3) is 0 Å². The van der Waals surface area contributed by atoms with E-state index in [1.54, 1.807) is 62.1 Å². The molecule has 1 heterocycles. The molecule has 3 rings (SSSR count). The van der Waals surface area contributed by atoms with Crippen molar-refractivity contribution in [1.82, 2.24) is 9.62 Å². The van der Waals surface area contributed by atoms with Crippen LogP contribution in [0.2, 0.25) is 10.0 Å². The zero-order valence-corrected chi connectivity index (χ0v) is 23.3. The van der Waals surface area contributed by atoms with Crippen LogP contribution in [0, 0.1) is 5.92 Å². The number of nitrogens with zero attached hydrogens (tertiary/aromatic N) is 1. The maximum atomic E-state index is 12.9. The van der Waals surface area contributed by atoms with Gasteiger partial charge in [0.05, 0.1) is 41.2 Å². The Morgan fingerprint density at radius 2 is 1.84 bits per heavy atom. The molecule has 0 aromatic heterocycles. The topological polar surface area (TPSA) is 111 Å². The number of para-hydroxylation sites is 1. The predicted octanol–water partition coefficient (Wildman–Crippen LogP) is 4.69. The summed E-state index contributed by atoms with van der Waals surface area (Å²) in [6.45, 7) is 6.18. The number of hydrogen-bond acceptors (Lipinski definition) is 7. The lowest BCUT2D eigenvalue weighted by molar-refractivity contribution is 0.0147. The molecule has 1 saturated heterocycles. The number of carbonyl (C=O) groups excluding carboxylic acids is 2. The van der Waals surface area contributed by atoms with E-state index in [0.717, 1.165) is 11.8 Å². The molecule has 0 saturated carbocycles. The number of hydrogen-bond donors (Lipinski definition) is 1. The maximum absolute atomic E-state index is 12.9. The van der Waals surface area contributed by atoms with Gasteiger partial charge in [-0.15, -0.1) is 0 Å². The predicted molar refractivity (Wildman–Crippen MR) is 141 cm³/mol. The van der Waals surface area contributed by atoms with Gasteiger partial charge < -0.3 is 19.1 Å². The zero-order valence-electron chi connectivity index (χ0n) is 21.0. The Morgan fingerprint density at radius 3 is 2.49 bits per heavy atom. The lowest BCUT2D eigenvalue weighted by Crippen LogP contribution is -2.41. The highest BCUT2D eigenvalue weighted by atomic mass is 35.5. The van der Waals surface area contributed by atoms with E-state index in [-0.39, 0.29) is 31.1 Å². The molecular weight excluding hydrogens is 543 g/mol. The first kappa shape index (κ1) is 29.0. The summed E-state index contributed by atoms with van der Waals surface area (Å²) < 4.78 is 42.8. The molecule has 0 aliphatic carbocycles. The third-order valence-corrected chi connectivity index (χ3v) is 6.62. The molecule has 9 nitrogen and oxygen atoms in total. The summed E-state index contributed by atoms with van der Waals surface area (Å²) in [5, 5.41) is 0.756. The van der Waals surface area contributed by atoms with E-state index in [4.69, 9.17) is 37.4 Å². The van der Waals surface area contributed by atoms with Gasteiger partial charge in [0.2, 0.25) is 10.0 Å². The van der Waals surface area contributed by atoms with Crippen LogP contribution in [0.5, 0.6) is 5.75 Å². The summed E-state index contributed by atoms with van der Waals surface area (Å²) in [5.41, 5.74) is 0.125. The van der Waals surface area contributed by atoms with Gasteiger partial charge in [-0.2, -0.15) is 0 Å². The fourth-order valence-electron chi connectivity index (χ4n) is 3.79. The molecular formula is C25H30Cl2N2O7S. The highest BCUT2D eigenvalue weighted by Gasteiger charge is 2.34. The molecule has 12 heteroatoms. The number of carbonyl (C=O) groups is 2. The Hall–Kier alpha value is -2.53. The molecule has 2 amide bonds. The average Bonchev–Trinajstić information content (AvgIpc) is 3.00. The van der Waals surface area contributed by atoms with Gasteiger partial charge >= 0.3 is 6.09 Å². The molecule has 0 bridgehead atoms. The van der Waals surface area contributed by atoms with Crippen molar-refractivity contribution in [2.75, 3.05) is 32.6 Å². The van der Waals surface area contributed by atoms with Crippen molar-refractivity contribution in [1.29, 1.82) is 0 Å². The largest absolute Gasteiger partial charge is 0.492 e. The highest BCUT2D eigenvalue weighted by Crippen LogP contribution is 2.34. The van der Waals surface area contributed by atoms with E-state index < -0.39 is 39.6 Å². The normalized spacial score (nSPS) is 18.6. The fourth-order valence-corrected chi connectivity index (χ4v) is 4.54. The molecule has 1 fully saturated rings. The van der Waals surface area contributed by atoms with Crippen molar-refractivity contribution < 1.29 is 32.2 Å². The highest BCUT2D eigenvalue weighted by molar-refractivity contribution is 7.89. The van der Waals surface area contributed by atoms with Gasteiger partial charge in [-0.1, -0.05) is 41.4 Å². The van der Waals surface area contributed by atoms with Crippen LogP contribution in [0.3, 0.4) is 0 Å². The van der Waals surface area contributed by atoms with E-state index in [9.17, 15) is 18.0 Å². The third kappa shape index (κ3) is 8.49. The lowest BCUT2D eigenvalue weighted by Gasteiger charge is -2.30. The smallest absolute Gasteiger partial charge is 0.410 e. The summed E-state index contributed by atoms with van der Waals surface area (Å²) >= 11 is 12.4. The van der Waals surface area contributed by atoms with Crippen molar-refractivity contribution in [2.45, 2.75) is 32.5 Å². The molecule has 202 valence electrons. The molecule has 0 radical (unpaired) electrons. The number of ether oxygens (including phenoxy) is 3. The molecule has 2 atom stereocenters. The molecule has 1 N–H and O–H groups in total. The monoisotopic (exact) mass is 572 g/mol. The summed E-state index contributed by atoms with van der Waals surface area (Å²) in [4.78, 5) is 26.9. The van der Waals surface area contributed by atoms with Crippen LogP contribution in [0.1, 0.15) is 42.8 Å². The summed E-state index contributed by atoms with van der Waals surface area (Å²) in [6, 6.07) is 11.5. The number of amides is 2. The fraction of sp³-hybridized carbons (Fsp3) is 0.440. The van der Waals surface area contributed by atoms with Crippen LogP contribution in [0.4, 0.5) is 4.79 Å². The van der Waals surface area contributed by atoms with E-state index in [1.165, 1.54) is 6.07 Å². The number of halogens is 2. The quantitative estimate of drug-likeness (QED) is 0.534. The summed E-state index contributed by atoms with van der Waals surface area (Å²) in [7, 11) is -3.77. The van der Waals surface area contributed by atoms with Crippen LogP contribution < -0.4 is 9.46 Å². The number of benzene rings is 2. The van der Waals surface area contributed by atoms with E-state index in [2.05, 4.69) is 0 Å². The average molecular weight is 573 g/mol. The zero-order chi connectivity index (χ0) is 27.4. The first-order chi connectivity index (χ1) is 17.2. The number of nitrogens with one attached hydrogen (secondary N) is 1. The second-order valence-electron chi connectivity index (χ2n) is 9.66. The van der Waals surface area contributed by atoms with Crippen molar-refractivity contribution >= 4 is 45.2 Å². The van der Waals surface area contributed by atoms with Gasteiger partial charge in [-0.25, -0.2) is 17.9 Å². The molecule has 0 spiro atoms. The second kappa shape index (κ2) is 11.9. The maximum Gasteiger partial charge on any atom is 0.410 e. The van der Waals surface area contributed by atoms with Crippen LogP contribution >= 0.6 is 23.2 Å². The van der Waals surface area contributed by atoms with Crippen LogP contribution in [0.15, 0.2) is 42.5 Å². The molecule has 2 aromatic rings. The first-order valence-corrected chi connectivity index (χ1v) is 14.2. The standard InChI is InChI=1S/C25H30Cl2N2O7S/c1-25(2,3)36-24(31)29-11-12-34-22(16-9-10-19(26)20(27)13-16)17(14-29)15-35-21-8-6-5-7-18(21)23(30)28-37(4,32)33/h5-10,13,17,22H,11-12,14-15H2,1-4H3,(H,28,30)/t17-,22-/m0/s1. The second-order valence-corrected chi connectivity index (χ2v) is 12.2. The van der Waals surface area contributed by atoms with Crippen molar-refractivity contribution in [2.24, 2.45) is 5.92 Å². The minimum Gasteiger partial charge on any atom is -0.492 e. The van der Waals surface area contributed by atoms with Crippen molar-refractivity contribution in [3.8, 4) is 5.75 Å². The SMILES string of the molecule is CC(C)(C)OC(=O)N1CCO[C@@H](c2ccc(Cl)c(Cl)c2)[C@H](COc2ccccc2C(=O)NS(C)(=O)=O)C1. The molecule has 0 unspecified atom stereocenters. The van der Waals surface area contributed by atoms with E-state index in [0.29, 0.717) is 16.6 Å². The summed E-state index contributed by atoms with van der Waals surface area (Å²) in [5.74, 6) is -1.03. The Morgan fingerprint density at radius 1 is 1.14 bits per heavy atom. The van der Waals surface area contributed by atoms with Crippen LogP contribution in [-0.4, -0.2) is 63.5 Å². The van der Waals surface area contributed by atoms with Gasteiger partial charge in [0.25, 0.3) is 5.91 Å². The van der Waals surface area contributed by atoms with Gasteiger partial charge in [0.15, 0.2) is 0 Å². The third-order valence-electron chi connectivity index (χ3n) is 5.33. The van der Waals surface area contributed by atoms with E-state index in [1.807, 2.05) is 4.72 Å². The number of rotatable bonds is 6. The number of sulfonamides is 1. The Kier molecular flexibility index (Phi) is 9.33. The molecule has 1 aliphatic heterocycles. The molecule has 37 heavy (non-hydrogen) atoms. The van der Waals surface area contributed by atoms with Gasteiger partial charge in [0, 0.05) is 19.0 Å². The minimum absolute atomic E-state index is 0.0351. The van der Waals surface area contributed by atoms with Crippen LogP contribution in [-0.2, 0) is 19.5 Å². The van der Waals surface area contributed by atoms with Gasteiger partial charge in [-0.3, -0.25) is 4.79 Å². The molecule has 1 aliphatic rings. The van der Waals surface area contributed by atoms with E-state index >= 15 is 0 Å². The Balaban J connectivity index is 1.89. The Bertz CT molecular complexity index is 1250. The van der Waals surface area contributed by atoms with Crippen molar-refractivity contribution in [3.63, 3.8) is 0 Å². The molecule has 2 aromatic carbocycles. The Labute approximate surface area is 227 Å². The summed E-state index contributed by atoms with van der Waals surface area (Å²) in [6.07, 6.45) is -0.104. The van der Waals surface area contributed by atoms with Gasteiger partial charge in [0.1, 0.15) is 11.4 Å². The van der Waals surface area contributed by atoms with Crippen molar-refractivity contribution in [3.05, 3.63) is 63.6 Å². The minimum atomic E-state index is -3.77. The first-order valence-electron chi connectivity index (χ1n) is 11.5. The van der Waals surface area contributed by atoms with Gasteiger partial charge in [-0.05, 0) is 50.6 Å². The lowest BCUT2D eigenvalue weighted by atomic mass is 9.95.